The van der Waals surface area contributed by atoms with Gasteiger partial charge < -0.3 is 14.5 Å². The van der Waals surface area contributed by atoms with Crippen molar-refractivity contribution in [2.45, 2.75) is 31.3 Å². The van der Waals surface area contributed by atoms with E-state index in [4.69, 9.17) is 4.74 Å². The maximum Gasteiger partial charge on any atom is 0.127 e. The van der Waals surface area contributed by atoms with Gasteiger partial charge >= 0.3 is 0 Å². The molecule has 140 valence electrons. The molecular formula is C23H27N3O. The first-order chi connectivity index (χ1) is 13.3. The van der Waals surface area contributed by atoms with E-state index in [2.05, 4.69) is 58.1 Å². The molecule has 0 amide bonds. The predicted octanol–water partition coefficient (Wildman–Crippen LogP) is 3.25. The Morgan fingerprint density at radius 3 is 2.96 bits per heavy atom. The highest BCUT2D eigenvalue weighted by Gasteiger charge is 2.44. The summed E-state index contributed by atoms with van der Waals surface area (Å²) in [5.74, 6) is 1.80. The van der Waals surface area contributed by atoms with Gasteiger partial charge in [-0.1, -0.05) is 30.3 Å². The van der Waals surface area contributed by atoms with E-state index in [1.807, 2.05) is 0 Å². The van der Waals surface area contributed by atoms with Gasteiger partial charge in [0, 0.05) is 63.7 Å². The number of piperidine rings is 1. The fourth-order valence-electron chi connectivity index (χ4n) is 5.77. The van der Waals surface area contributed by atoms with Crippen molar-refractivity contribution >= 4 is 11.4 Å². The van der Waals surface area contributed by atoms with E-state index in [-0.39, 0.29) is 0 Å². The van der Waals surface area contributed by atoms with Crippen LogP contribution in [0, 0.1) is 0 Å². The number of hydrogen-bond acceptors (Lipinski definition) is 4. The fourth-order valence-corrected chi connectivity index (χ4v) is 5.77. The van der Waals surface area contributed by atoms with E-state index < -0.39 is 0 Å². The van der Waals surface area contributed by atoms with E-state index in [9.17, 15) is 0 Å². The number of para-hydroxylation sites is 2. The molecule has 1 fully saturated rings. The molecule has 0 spiro atoms. The zero-order valence-electron chi connectivity index (χ0n) is 16.0. The Labute approximate surface area is 161 Å². The van der Waals surface area contributed by atoms with Gasteiger partial charge in [-0.25, -0.2) is 0 Å². The Balaban J connectivity index is 1.29. The molecule has 0 saturated carbocycles. The van der Waals surface area contributed by atoms with E-state index in [1.165, 1.54) is 42.0 Å². The molecule has 27 heavy (non-hydrogen) atoms. The average Bonchev–Trinajstić information content (AvgIpc) is 3.29. The van der Waals surface area contributed by atoms with Gasteiger partial charge in [0.25, 0.3) is 0 Å². The number of benzene rings is 2. The number of rotatable bonds is 2. The van der Waals surface area contributed by atoms with Crippen molar-refractivity contribution in [2.75, 3.05) is 49.6 Å². The van der Waals surface area contributed by atoms with E-state index in [0.717, 1.165) is 38.4 Å². The van der Waals surface area contributed by atoms with Crippen molar-refractivity contribution in [3.05, 3.63) is 53.1 Å². The summed E-state index contributed by atoms with van der Waals surface area (Å²) in [6.45, 7) is 6.50. The Morgan fingerprint density at radius 1 is 1.07 bits per heavy atom. The lowest BCUT2D eigenvalue weighted by atomic mass is 9.88. The molecule has 0 aromatic heterocycles. The van der Waals surface area contributed by atoms with Gasteiger partial charge in [0.1, 0.15) is 5.75 Å². The van der Waals surface area contributed by atoms with Crippen LogP contribution in [0.5, 0.6) is 5.75 Å². The Bertz CT molecular complexity index is 895. The maximum absolute atomic E-state index is 5.94. The van der Waals surface area contributed by atoms with E-state index >= 15 is 0 Å². The Kier molecular flexibility index (Phi) is 3.46. The second-order valence-electron chi connectivity index (χ2n) is 8.53. The van der Waals surface area contributed by atoms with Crippen molar-refractivity contribution in [1.29, 1.82) is 0 Å². The normalized spacial score (nSPS) is 25.8. The van der Waals surface area contributed by atoms with Crippen LogP contribution in [0.4, 0.5) is 11.4 Å². The minimum absolute atomic E-state index is 0.637. The molecule has 0 N–H and O–H groups in total. The molecule has 0 bridgehead atoms. The smallest absolute Gasteiger partial charge is 0.127 e. The summed E-state index contributed by atoms with van der Waals surface area (Å²) in [5, 5.41) is 0. The molecule has 0 radical (unpaired) electrons. The number of nitrogens with zero attached hydrogens (tertiary/aromatic N) is 3. The highest BCUT2D eigenvalue weighted by atomic mass is 16.5. The van der Waals surface area contributed by atoms with Crippen LogP contribution in [0.25, 0.3) is 0 Å². The molecule has 2 atom stereocenters. The number of ether oxygens (including phenoxy) is 1. The summed E-state index contributed by atoms with van der Waals surface area (Å²) in [4.78, 5) is 7.80. The molecule has 6 rings (SSSR count). The van der Waals surface area contributed by atoms with Gasteiger partial charge in [-0.05, 0) is 23.6 Å². The molecule has 2 unspecified atom stereocenters. The van der Waals surface area contributed by atoms with Crippen molar-refractivity contribution < 1.29 is 4.74 Å². The minimum atomic E-state index is 0.637. The van der Waals surface area contributed by atoms with Crippen LogP contribution >= 0.6 is 0 Å². The summed E-state index contributed by atoms with van der Waals surface area (Å²) in [5.41, 5.74) is 7.28. The number of likely N-dealkylation sites (tertiary alicyclic amines) is 1. The minimum Gasteiger partial charge on any atom is -0.493 e. The van der Waals surface area contributed by atoms with Gasteiger partial charge in [0.15, 0.2) is 0 Å². The highest BCUT2D eigenvalue weighted by molar-refractivity contribution is 5.80. The third-order valence-electron chi connectivity index (χ3n) is 7.07. The van der Waals surface area contributed by atoms with Crippen molar-refractivity contribution in [3.63, 3.8) is 0 Å². The van der Waals surface area contributed by atoms with Crippen LogP contribution in [-0.4, -0.2) is 50.8 Å². The van der Waals surface area contributed by atoms with Gasteiger partial charge in [0.05, 0.1) is 18.0 Å². The van der Waals surface area contributed by atoms with Gasteiger partial charge in [-0.3, -0.25) is 4.90 Å². The summed E-state index contributed by atoms with van der Waals surface area (Å²) in [6.07, 6.45) is 2.32. The third kappa shape index (κ3) is 2.32. The predicted molar refractivity (Wildman–Crippen MR) is 109 cm³/mol. The van der Waals surface area contributed by atoms with Crippen LogP contribution in [0.15, 0.2) is 36.4 Å². The van der Waals surface area contributed by atoms with Crippen molar-refractivity contribution in [2.24, 2.45) is 0 Å². The number of likely N-dealkylation sites (N-methyl/N-ethyl adjacent to an activating group) is 1. The number of hydrogen-bond donors (Lipinski definition) is 0. The second-order valence-corrected chi connectivity index (χ2v) is 8.53. The third-order valence-corrected chi connectivity index (χ3v) is 7.07. The van der Waals surface area contributed by atoms with Gasteiger partial charge in [0.2, 0.25) is 0 Å². The van der Waals surface area contributed by atoms with Crippen LogP contribution in [0.3, 0.4) is 0 Å². The fraction of sp³-hybridized carbons (Fsp3) is 0.478. The van der Waals surface area contributed by atoms with E-state index in [1.54, 1.807) is 5.56 Å². The lowest BCUT2D eigenvalue weighted by molar-refractivity contribution is 0.184. The van der Waals surface area contributed by atoms with Crippen LogP contribution in [0.2, 0.25) is 0 Å². The molecule has 4 aliphatic rings. The summed E-state index contributed by atoms with van der Waals surface area (Å²) in [7, 11) is 2.23. The molecule has 4 heteroatoms. The Hall–Kier alpha value is -2.20. The topological polar surface area (TPSA) is 19.0 Å². The van der Waals surface area contributed by atoms with Crippen molar-refractivity contribution in [3.8, 4) is 5.75 Å². The molecule has 1 saturated heterocycles. The second kappa shape index (κ2) is 5.90. The summed E-state index contributed by atoms with van der Waals surface area (Å²) in [6, 6.07) is 14.3. The molecule has 0 aliphatic carbocycles. The highest BCUT2D eigenvalue weighted by Crippen LogP contribution is 2.50. The summed E-state index contributed by atoms with van der Waals surface area (Å²) < 4.78 is 5.94. The molecule has 2 aromatic rings. The summed E-state index contributed by atoms with van der Waals surface area (Å²) >= 11 is 0. The first kappa shape index (κ1) is 15.8. The lowest BCUT2D eigenvalue weighted by Crippen LogP contribution is -2.49. The monoisotopic (exact) mass is 361 g/mol. The molecule has 4 nitrogen and oxygen atoms in total. The lowest BCUT2D eigenvalue weighted by Gasteiger charge is -2.41. The quantitative estimate of drug-likeness (QED) is 0.817. The van der Waals surface area contributed by atoms with Crippen molar-refractivity contribution in [1.82, 2.24) is 4.90 Å². The van der Waals surface area contributed by atoms with Gasteiger partial charge in [-0.15, -0.1) is 0 Å². The van der Waals surface area contributed by atoms with Gasteiger partial charge in [-0.2, -0.15) is 0 Å². The molecular weight excluding hydrogens is 334 g/mol. The molecule has 2 aromatic carbocycles. The number of anilines is 2. The van der Waals surface area contributed by atoms with Crippen LogP contribution in [-0.2, 0) is 13.0 Å². The number of fused-ring (bicyclic) bond motifs is 4. The standard InChI is InChI=1S/C23H27N3O/c1-24-11-12-26-20-8-10-25(14-17-5-2-4-16-9-13-27-23(16)17)15-19(20)18-6-3-7-21(24)22(18)26/h2-7,19-20H,8-15H2,1H3. The average molecular weight is 361 g/mol. The van der Waals surface area contributed by atoms with Crippen LogP contribution in [0.1, 0.15) is 29.0 Å². The van der Waals surface area contributed by atoms with Crippen LogP contribution < -0.4 is 14.5 Å². The first-order valence-electron chi connectivity index (χ1n) is 10.4. The molecule has 4 heterocycles. The largest absolute Gasteiger partial charge is 0.493 e. The zero-order chi connectivity index (χ0) is 18.0. The van der Waals surface area contributed by atoms with E-state index in [0.29, 0.717) is 12.0 Å². The zero-order valence-corrected chi connectivity index (χ0v) is 16.0. The Morgan fingerprint density at radius 2 is 2.00 bits per heavy atom. The molecule has 4 aliphatic heterocycles. The first-order valence-corrected chi connectivity index (χ1v) is 10.4. The maximum atomic E-state index is 5.94. The SMILES string of the molecule is CN1CCN2c3c(cccc31)C1CN(Cc3cccc4c3OCC4)CCC12.